The molecule has 0 amide bonds. The van der Waals surface area contributed by atoms with Gasteiger partial charge in [0.15, 0.2) is 0 Å². The molecule has 2 nitrogen and oxygen atoms in total. The Hall–Kier alpha value is -0.830. The summed E-state index contributed by atoms with van der Waals surface area (Å²) in [5.74, 6) is -0.727. The lowest BCUT2D eigenvalue weighted by atomic mass is 9.84. The van der Waals surface area contributed by atoms with Crippen LogP contribution in [0.2, 0.25) is 0 Å². The maximum atomic E-state index is 11.2. The molecule has 0 radical (unpaired) electrons. The molecule has 0 saturated carbocycles. The second-order valence-corrected chi connectivity index (χ2v) is 4.85. The zero-order valence-electron chi connectivity index (χ0n) is 7.88. The minimum absolute atomic E-state index is 0.695. The lowest BCUT2D eigenvalue weighted by Crippen LogP contribution is -2.29. The molecule has 1 unspecified atom stereocenters. The highest BCUT2D eigenvalue weighted by Gasteiger charge is 2.40. The van der Waals surface area contributed by atoms with Crippen molar-refractivity contribution in [1.82, 2.24) is 0 Å². The molecular weight excluding hydrogens is 244 g/mol. The summed E-state index contributed by atoms with van der Waals surface area (Å²) in [7, 11) is 0. The van der Waals surface area contributed by atoms with Crippen LogP contribution in [0.1, 0.15) is 24.5 Å². The fraction of sp³-hybridized carbons (Fsp3) is 0.364. The van der Waals surface area contributed by atoms with Crippen molar-refractivity contribution in [2.24, 2.45) is 0 Å². The Morgan fingerprint density at radius 1 is 1.57 bits per heavy atom. The Kier molecular flexibility index (Phi) is 2.14. The Balaban J connectivity index is 2.58. The van der Waals surface area contributed by atoms with E-state index in [1.165, 1.54) is 0 Å². The van der Waals surface area contributed by atoms with Crippen molar-refractivity contribution >= 4 is 21.9 Å². The number of halogens is 1. The van der Waals surface area contributed by atoms with Crippen molar-refractivity contribution in [2.75, 3.05) is 0 Å². The van der Waals surface area contributed by atoms with Crippen molar-refractivity contribution in [3.8, 4) is 0 Å². The van der Waals surface area contributed by atoms with Crippen molar-refractivity contribution in [3.63, 3.8) is 0 Å². The van der Waals surface area contributed by atoms with E-state index in [0.29, 0.717) is 6.42 Å². The first-order valence-corrected chi connectivity index (χ1v) is 5.35. The summed E-state index contributed by atoms with van der Waals surface area (Å²) in [6.07, 6.45) is 1.57. The summed E-state index contributed by atoms with van der Waals surface area (Å²) in [5, 5.41) is 9.19. The first-order valence-electron chi connectivity index (χ1n) is 4.56. The predicted octanol–water partition coefficient (Wildman–Crippen LogP) is 2.74. The van der Waals surface area contributed by atoms with Gasteiger partial charge in [-0.2, -0.15) is 0 Å². The van der Waals surface area contributed by atoms with Gasteiger partial charge in [-0.3, -0.25) is 4.79 Å². The molecule has 1 N–H and O–H groups in total. The highest BCUT2D eigenvalue weighted by atomic mass is 79.9. The van der Waals surface area contributed by atoms with Gasteiger partial charge in [-0.05, 0) is 43.0 Å². The average Bonchev–Trinajstić information content (AvgIpc) is 2.46. The molecule has 2 rings (SSSR count). The molecule has 1 aliphatic rings. The lowest BCUT2D eigenvalue weighted by Gasteiger charge is -2.19. The first-order chi connectivity index (χ1) is 6.54. The molecule has 0 aromatic heterocycles. The summed E-state index contributed by atoms with van der Waals surface area (Å²) in [6, 6.07) is 5.90. The van der Waals surface area contributed by atoms with Crippen LogP contribution in [0.25, 0.3) is 0 Å². The maximum Gasteiger partial charge on any atom is 0.313 e. The van der Waals surface area contributed by atoms with E-state index in [9.17, 15) is 9.90 Å². The second-order valence-electron chi connectivity index (χ2n) is 3.94. The van der Waals surface area contributed by atoms with Crippen LogP contribution < -0.4 is 0 Å². The normalized spacial score (nSPS) is 24.7. The molecule has 1 aromatic rings. The van der Waals surface area contributed by atoms with Crippen LogP contribution in [-0.2, 0) is 16.6 Å². The molecule has 0 spiro atoms. The van der Waals surface area contributed by atoms with Crippen LogP contribution in [-0.4, -0.2) is 11.1 Å². The minimum Gasteiger partial charge on any atom is -0.481 e. The van der Waals surface area contributed by atoms with Crippen LogP contribution in [0, 0.1) is 0 Å². The van der Waals surface area contributed by atoms with Crippen LogP contribution in [0.15, 0.2) is 22.7 Å². The molecule has 14 heavy (non-hydrogen) atoms. The second kappa shape index (κ2) is 3.09. The maximum absolute atomic E-state index is 11.2. The Labute approximate surface area is 91.1 Å². The van der Waals surface area contributed by atoms with Crippen molar-refractivity contribution in [2.45, 2.75) is 25.2 Å². The van der Waals surface area contributed by atoms with E-state index >= 15 is 0 Å². The molecule has 0 bridgehead atoms. The van der Waals surface area contributed by atoms with Gasteiger partial charge >= 0.3 is 5.97 Å². The molecule has 0 fully saturated rings. The number of carbonyl (C=O) groups is 1. The number of hydrogen-bond donors (Lipinski definition) is 1. The molecule has 74 valence electrons. The van der Waals surface area contributed by atoms with E-state index in [1.807, 2.05) is 18.2 Å². The molecule has 1 atom stereocenters. The van der Waals surface area contributed by atoms with Gasteiger partial charge in [-0.1, -0.05) is 22.0 Å². The van der Waals surface area contributed by atoms with Gasteiger partial charge in [0.25, 0.3) is 0 Å². The number of hydrogen-bond acceptors (Lipinski definition) is 1. The smallest absolute Gasteiger partial charge is 0.313 e. The van der Waals surface area contributed by atoms with Crippen LogP contribution in [0.3, 0.4) is 0 Å². The quantitative estimate of drug-likeness (QED) is 0.837. The summed E-state index contributed by atoms with van der Waals surface area (Å²) in [5.41, 5.74) is 1.43. The third-order valence-electron chi connectivity index (χ3n) is 3.03. The molecular formula is C11H11BrO2. The van der Waals surface area contributed by atoms with E-state index < -0.39 is 11.4 Å². The van der Waals surface area contributed by atoms with Crippen LogP contribution in [0.5, 0.6) is 0 Å². The minimum atomic E-state index is -0.727. The van der Waals surface area contributed by atoms with Gasteiger partial charge in [0.05, 0.1) is 5.41 Å². The number of aliphatic carboxylic acids is 1. The number of carboxylic acids is 1. The average molecular weight is 255 g/mol. The van der Waals surface area contributed by atoms with E-state index in [1.54, 1.807) is 6.92 Å². The standard InChI is InChI=1S/C11H11BrO2/c1-11(10(13)14)5-4-7-2-3-8(12)6-9(7)11/h2-3,6H,4-5H2,1H3,(H,13,14). The third kappa shape index (κ3) is 1.27. The largest absolute Gasteiger partial charge is 0.481 e. The Morgan fingerprint density at radius 2 is 2.29 bits per heavy atom. The van der Waals surface area contributed by atoms with Gasteiger partial charge in [0, 0.05) is 4.47 Å². The zero-order valence-corrected chi connectivity index (χ0v) is 9.47. The Morgan fingerprint density at radius 3 is 2.93 bits per heavy atom. The fourth-order valence-corrected chi connectivity index (χ4v) is 2.38. The first kappa shape index (κ1) is 9.71. The number of rotatable bonds is 1. The summed E-state index contributed by atoms with van der Waals surface area (Å²) in [4.78, 5) is 11.2. The highest BCUT2D eigenvalue weighted by molar-refractivity contribution is 9.10. The summed E-state index contributed by atoms with van der Waals surface area (Å²) in [6.45, 7) is 1.80. The zero-order chi connectivity index (χ0) is 10.3. The van der Waals surface area contributed by atoms with E-state index in [-0.39, 0.29) is 0 Å². The monoisotopic (exact) mass is 254 g/mol. The van der Waals surface area contributed by atoms with Gasteiger partial charge in [0.2, 0.25) is 0 Å². The SMILES string of the molecule is CC1(C(=O)O)CCc2ccc(Br)cc21. The number of aryl methyl sites for hydroxylation is 1. The Bertz CT molecular complexity index is 400. The molecule has 0 heterocycles. The number of carboxylic acid groups (broad SMARTS) is 1. The van der Waals surface area contributed by atoms with Crippen molar-refractivity contribution in [1.29, 1.82) is 0 Å². The van der Waals surface area contributed by atoms with Gasteiger partial charge in [-0.15, -0.1) is 0 Å². The molecule has 1 aliphatic carbocycles. The lowest BCUT2D eigenvalue weighted by molar-refractivity contribution is -0.143. The van der Waals surface area contributed by atoms with Crippen molar-refractivity contribution in [3.05, 3.63) is 33.8 Å². The summed E-state index contributed by atoms with van der Waals surface area (Å²) < 4.78 is 0.950. The van der Waals surface area contributed by atoms with E-state index in [2.05, 4.69) is 15.9 Å². The molecule has 0 saturated heterocycles. The number of benzene rings is 1. The van der Waals surface area contributed by atoms with E-state index in [4.69, 9.17) is 0 Å². The molecule has 0 aliphatic heterocycles. The van der Waals surface area contributed by atoms with Gasteiger partial charge in [-0.25, -0.2) is 0 Å². The van der Waals surface area contributed by atoms with Crippen molar-refractivity contribution < 1.29 is 9.90 Å². The van der Waals surface area contributed by atoms with Crippen LogP contribution in [0.4, 0.5) is 0 Å². The fourth-order valence-electron chi connectivity index (χ4n) is 2.02. The van der Waals surface area contributed by atoms with E-state index in [0.717, 1.165) is 22.0 Å². The highest BCUT2D eigenvalue weighted by Crippen LogP contribution is 2.40. The molecule has 1 aromatic carbocycles. The predicted molar refractivity (Wildman–Crippen MR) is 57.5 cm³/mol. The third-order valence-corrected chi connectivity index (χ3v) is 3.53. The summed E-state index contributed by atoms with van der Waals surface area (Å²) >= 11 is 3.37. The van der Waals surface area contributed by atoms with Gasteiger partial charge < -0.3 is 5.11 Å². The molecule has 3 heteroatoms. The topological polar surface area (TPSA) is 37.3 Å². The number of fused-ring (bicyclic) bond motifs is 1. The van der Waals surface area contributed by atoms with Crippen LogP contribution >= 0.6 is 15.9 Å². The van der Waals surface area contributed by atoms with Gasteiger partial charge in [0.1, 0.15) is 0 Å².